The number of benzene rings is 1. The molecular weight excluding hydrogens is 443 g/mol. The Kier molecular flexibility index (Phi) is 8.40. The molecule has 5 nitrogen and oxygen atoms in total. The van der Waals surface area contributed by atoms with Crippen LogP contribution in [0, 0.1) is 11.3 Å². The van der Waals surface area contributed by atoms with Gasteiger partial charge in [-0.1, -0.05) is 24.3 Å². The maximum atomic E-state index is 10.7. The number of alkyl halides is 3. The highest BCUT2D eigenvalue weighted by Gasteiger charge is 2.37. The molecule has 0 unspecified atom stereocenters. The predicted molar refractivity (Wildman–Crippen MR) is 116 cm³/mol. The highest BCUT2D eigenvalue weighted by Crippen LogP contribution is 2.31. The van der Waals surface area contributed by atoms with E-state index in [0.29, 0.717) is 5.56 Å². The lowest BCUT2D eigenvalue weighted by Gasteiger charge is -2.14. The second kappa shape index (κ2) is 9.84. The van der Waals surface area contributed by atoms with Gasteiger partial charge in [0, 0.05) is 12.1 Å². The van der Waals surface area contributed by atoms with Gasteiger partial charge in [-0.25, -0.2) is 12.8 Å². The molecule has 0 fully saturated rings. The van der Waals surface area contributed by atoms with Crippen molar-refractivity contribution in [1.29, 1.82) is 5.26 Å². The molecule has 0 atom stereocenters. The van der Waals surface area contributed by atoms with Gasteiger partial charge in [-0.2, -0.15) is 18.4 Å². The van der Waals surface area contributed by atoms with E-state index in [1.165, 1.54) is 0 Å². The zero-order valence-corrected chi connectivity index (χ0v) is 19.6. The molecular formula is C23H26F3NO4S. The van der Waals surface area contributed by atoms with Crippen molar-refractivity contribution in [3.63, 3.8) is 0 Å². The Morgan fingerprint density at radius 2 is 1.25 bits per heavy atom. The van der Waals surface area contributed by atoms with E-state index in [4.69, 9.17) is 22.6 Å². The highest BCUT2D eigenvalue weighted by molar-refractivity contribution is 7.86. The summed E-state index contributed by atoms with van der Waals surface area (Å²) in [5.41, 5.74) is -2.86. The number of hydrogen-bond donors (Lipinski definition) is 0. The Balaban J connectivity index is 0.000000547. The maximum absolute atomic E-state index is 10.7. The summed E-state index contributed by atoms with van der Waals surface area (Å²) in [6, 6.07) is 13.9. The SMILES string of the molecule is CC(C)(C)c1cc(C=Cc2ccc(C#N)cc2)cc(C(C)(C)C)[o+]1.O=S(=O)([O-])C(F)(F)F. The highest BCUT2D eigenvalue weighted by atomic mass is 32.2. The Morgan fingerprint density at radius 1 is 0.875 bits per heavy atom. The van der Waals surface area contributed by atoms with E-state index in [-0.39, 0.29) is 10.8 Å². The number of rotatable bonds is 2. The third-order valence-electron chi connectivity index (χ3n) is 4.09. The fraction of sp³-hybridized carbons (Fsp3) is 0.391. The normalized spacial score (nSPS) is 12.8. The molecule has 1 heterocycles. The van der Waals surface area contributed by atoms with E-state index in [0.717, 1.165) is 22.6 Å². The van der Waals surface area contributed by atoms with Crippen LogP contribution in [-0.4, -0.2) is 18.5 Å². The van der Waals surface area contributed by atoms with Crippen molar-refractivity contribution in [3.05, 3.63) is 64.6 Å². The average molecular weight is 470 g/mol. The summed E-state index contributed by atoms with van der Waals surface area (Å²) in [5, 5.41) is 8.87. The van der Waals surface area contributed by atoms with Crippen LogP contribution in [0.2, 0.25) is 0 Å². The van der Waals surface area contributed by atoms with Crippen LogP contribution >= 0.6 is 0 Å². The molecule has 0 saturated heterocycles. The molecule has 0 aliphatic heterocycles. The van der Waals surface area contributed by atoms with Crippen LogP contribution in [0.1, 0.15) is 69.8 Å². The molecule has 0 bridgehead atoms. The topological polar surface area (TPSA) is 92.3 Å². The van der Waals surface area contributed by atoms with Crippen LogP contribution < -0.4 is 0 Å². The Morgan fingerprint density at radius 3 is 1.56 bits per heavy atom. The number of nitrogens with zero attached hydrogens (tertiary/aromatic N) is 1. The fourth-order valence-electron chi connectivity index (χ4n) is 2.22. The van der Waals surface area contributed by atoms with Crippen molar-refractivity contribution >= 4 is 22.3 Å². The molecule has 0 aliphatic rings. The Hall–Kier alpha value is -2.70. The maximum Gasteiger partial charge on any atom is 0.485 e. The monoisotopic (exact) mass is 469 g/mol. The van der Waals surface area contributed by atoms with E-state index >= 15 is 0 Å². The first kappa shape index (κ1) is 27.3. The summed E-state index contributed by atoms with van der Waals surface area (Å²) < 4.78 is 65.1. The van der Waals surface area contributed by atoms with Gasteiger partial charge in [0.05, 0.1) is 22.5 Å². The van der Waals surface area contributed by atoms with E-state index in [9.17, 15) is 13.2 Å². The number of halogens is 3. The smallest absolute Gasteiger partial charge is 0.485 e. The summed E-state index contributed by atoms with van der Waals surface area (Å²) in [6.45, 7) is 13.0. The van der Waals surface area contributed by atoms with Crippen LogP contribution in [0.3, 0.4) is 0 Å². The fourth-order valence-corrected chi connectivity index (χ4v) is 2.22. The van der Waals surface area contributed by atoms with Gasteiger partial charge in [0.1, 0.15) is 0 Å². The quantitative estimate of drug-likeness (QED) is 0.294. The third-order valence-corrected chi connectivity index (χ3v) is 4.65. The molecule has 2 rings (SSSR count). The van der Waals surface area contributed by atoms with Crippen molar-refractivity contribution in [2.75, 3.05) is 0 Å². The standard InChI is InChI=1S/C22H26NO.CHF3O3S/c1-21(2,3)19-13-18(14-20(24-19)22(4,5)6)12-9-16-7-10-17(15-23)11-8-16;2-1(3,4)8(5,6)7/h7-14H,1-6H3;(H,5,6,7)/q+1;/p-1. The van der Waals surface area contributed by atoms with Crippen LogP contribution in [0.15, 0.2) is 40.8 Å². The minimum Gasteiger partial charge on any atom is -0.741 e. The lowest BCUT2D eigenvalue weighted by Crippen LogP contribution is -2.21. The van der Waals surface area contributed by atoms with Gasteiger partial charge in [0.15, 0.2) is 10.1 Å². The van der Waals surface area contributed by atoms with Crippen LogP contribution in [-0.2, 0) is 20.9 Å². The molecule has 0 N–H and O–H groups in total. The van der Waals surface area contributed by atoms with E-state index < -0.39 is 15.6 Å². The molecule has 1 aromatic heterocycles. The van der Waals surface area contributed by atoms with Crippen LogP contribution in [0.5, 0.6) is 0 Å². The zero-order valence-electron chi connectivity index (χ0n) is 18.7. The number of nitriles is 1. The summed E-state index contributed by atoms with van der Waals surface area (Å²) in [4.78, 5) is 0. The largest absolute Gasteiger partial charge is 0.741 e. The van der Waals surface area contributed by atoms with E-state index in [1.807, 2.05) is 24.3 Å². The molecule has 9 heteroatoms. The molecule has 0 radical (unpaired) electrons. The van der Waals surface area contributed by atoms with E-state index in [2.05, 4.69) is 71.9 Å². The molecule has 0 saturated carbocycles. The first-order valence-electron chi connectivity index (χ1n) is 9.54. The Bertz CT molecular complexity index is 1070. The third kappa shape index (κ3) is 8.44. The second-order valence-corrected chi connectivity index (χ2v) is 10.5. The minimum atomic E-state index is -6.09. The Labute approximate surface area is 187 Å². The average Bonchev–Trinajstić information content (AvgIpc) is 2.64. The van der Waals surface area contributed by atoms with Gasteiger partial charge in [0.2, 0.25) is 0 Å². The summed E-state index contributed by atoms with van der Waals surface area (Å²) >= 11 is 0. The predicted octanol–water partition coefficient (Wildman–Crippen LogP) is 6.25. The molecule has 0 spiro atoms. The van der Waals surface area contributed by atoms with Gasteiger partial charge in [-0.15, -0.1) is 0 Å². The first-order valence-corrected chi connectivity index (χ1v) is 10.9. The van der Waals surface area contributed by atoms with Gasteiger partial charge >= 0.3 is 17.0 Å². The van der Waals surface area contributed by atoms with Crippen molar-refractivity contribution in [1.82, 2.24) is 0 Å². The van der Waals surface area contributed by atoms with Crippen molar-refractivity contribution in [2.45, 2.75) is 57.9 Å². The van der Waals surface area contributed by atoms with Gasteiger partial charge in [-0.05, 0) is 64.8 Å². The summed E-state index contributed by atoms with van der Waals surface area (Å²) in [7, 11) is -6.09. The van der Waals surface area contributed by atoms with Gasteiger partial charge in [0.25, 0.3) is 0 Å². The van der Waals surface area contributed by atoms with Crippen molar-refractivity contribution in [2.24, 2.45) is 0 Å². The summed E-state index contributed by atoms with van der Waals surface area (Å²) in [6.07, 6.45) is 4.16. The molecule has 0 amide bonds. The second-order valence-electron chi connectivity index (χ2n) is 9.09. The first-order chi connectivity index (χ1) is 14.3. The molecule has 1 aromatic carbocycles. The molecule has 174 valence electrons. The van der Waals surface area contributed by atoms with Gasteiger partial charge < -0.3 is 4.55 Å². The minimum absolute atomic E-state index is 0.0434. The molecule has 2 aromatic rings. The zero-order chi connectivity index (χ0) is 25.0. The van der Waals surface area contributed by atoms with Crippen LogP contribution in [0.4, 0.5) is 13.2 Å². The van der Waals surface area contributed by atoms with Crippen molar-refractivity contribution in [3.8, 4) is 6.07 Å². The molecule has 0 aliphatic carbocycles. The lowest BCUT2D eigenvalue weighted by atomic mass is 9.88. The number of hydrogen-bond acceptors (Lipinski definition) is 4. The van der Waals surface area contributed by atoms with Gasteiger partial charge in [-0.3, -0.25) is 0 Å². The van der Waals surface area contributed by atoms with E-state index in [1.54, 1.807) is 0 Å². The molecule has 32 heavy (non-hydrogen) atoms. The van der Waals surface area contributed by atoms with Crippen molar-refractivity contribution < 1.29 is 30.6 Å². The van der Waals surface area contributed by atoms with Crippen LogP contribution in [0.25, 0.3) is 12.2 Å². The summed E-state index contributed by atoms with van der Waals surface area (Å²) in [5.74, 6) is 1.96. The lowest BCUT2D eigenvalue weighted by molar-refractivity contribution is -0.0517.